The number of aliphatic hydroxyl groups excluding tert-OH is 1. The first-order valence-corrected chi connectivity index (χ1v) is 12.7. The highest BCUT2D eigenvalue weighted by molar-refractivity contribution is 6.46. The van der Waals surface area contributed by atoms with E-state index in [-0.39, 0.29) is 22.6 Å². The predicted molar refractivity (Wildman–Crippen MR) is 143 cm³/mol. The topological polar surface area (TPSA) is 121 Å². The molecule has 1 atom stereocenters. The number of nitrogens with zero attached hydrogens (tertiary/aromatic N) is 2. The molecule has 0 radical (unpaired) electrons. The van der Waals surface area contributed by atoms with Crippen molar-refractivity contribution in [2.24, 2.45) is 0 Å². The van der Waals surface area contributed by atoms with Crippen LogP contribution in [0.3, 0.4) is 0 Å². The fraction of sp³-hybridized carbons (Fsp3) is 0.464. The molecular formula is C28H37N3O7. The van der Waals surface area contributed by atoms with Crippen LogP contribution in [0.4, 0.5) is 0 Å². The summed E-state index contributed by atoms with van der Waals surface area (Å²) < 4.78 is 16.0. The van der Waals surface area contributed by atoms with Crippen molar-refractivity contribution in [3.63, 3.8) is 0 Å². The molecule has 206 valence electrons. The number of methoxy groups -OCH3 is 3. The monoisotopic (exact) mass is 527 g/mol. The van der Waals surface area contributed by atoms with Gasteiger partial charge in [-0.2, -0.15) is 0 Å². The molecule has 1 amide bonds. The minimum absolute atomic E-state index is 0.0778. The SMILES string of the molecule is CCN(CC)CCCN1C(=O)C(=O)C(=C(O)c2c(C)[nH]c(C(=O)OC)c2C)[C@@H]1c1cccc(OC)c1OC. The Morgan fingerprint density at radius 3 is 2.37 bits per heavy atom. The number of aromatic nitrogens is 1. The summed E-state index contributed by atoms with van der Waals surface area (Å²) in [6, 6.07) is 4.29. The number of Topliss-reactive ketones (excluding diaryl/α,β-unsaturated/α-hetero) is 1. The highest BCUT2D eigenvalue weighted by Gasteiger charge is 2.47. The molecule has 1 aliphatic heterocycles. The number of ketones is 1. The molecule has 1 saturated heterocycles. The molecule has 10 heteroatoms. The zero-order valence-corrected chi connectivity index (χ0v) is 23.1. The second-order valence-electron chi connectivity index (χ2n) is 9.07. The Morgan fingerprint density at radius 1 is 1.11 bits per heavy atom. The quantitative estimate of drug-likeness (QED) is 0.197. The van der Waals surface area contributed by atoms with Crippen LogP contribution >= 0.6 is 0 Å². The van der Waals surface area contributed by atoms with Crippen LogP contribution in [0.2, 0.25) is 0 Å². The van der Waals surface area contributed by atoms with Crippen molar-refractivity contribution in [1.82, 2.24) is 14.8 Å². The van der Waals surface area contributed by atoms with Crippen LogP contribution in [0, 0.1) is 13.8 Å². The van der Waals surface area contributed by atoms with Gasteiger partial charge in [-0.25, -0.2) is 4.79 Å². The molecular weight excluding hydrogens is 490 g/mol. The van der Waals surface area contributed by atoms with E-state index < -0.39 is 23.7 Å². The zero-order valence-electron chi connectivity index (χ0n) is 23.1. The van der Waals surface area contributed by atoms with Crippen molar-refractivity contribution in [2.75, 3.05) is 47.5 Å². The highest BCUT2D eigenvalue weighted by atomic mass is 16.5. The van der Waals surface area contributed by atoms with Crippen LogP contribution in [0.1, 0.15) is 59.2 Å². The van der Waals surface area contributed by atoms with Gasteiger partial charge in [0.25, 0.3) is 11.7 Å². The number of nitrogens with one attached hydrogen (secondary N) is 1. The molecule has 0 spiro atoms. The largest absolute Gasteiger partial charge is 0.507 e. The summed E-state index contributed by atoms with van der Waals surface area (Å²) in [6.45, 7) is 10.2. The summed E-state index contributed by atoms with van der Waals surface area (Å²) in [4.78, 5) is 45.8. The van der Waals surface area contributed by atoms with Crippen molar-refractivity contribution in [1.29, 1.82) is 0 Å². The number of esters is 1. The van der Waals surface area contributed by atoms with Gasteiger partial charge in [0.1, 0.15) is 11.5 Å². The second kappa shape index (κ2) is 12.2. The summed E-state index contributed by atoms with van der Waals surface area (Å²) in [7, 11) is 4.25. The molecule has 0 aliphatic carbocycles. The molecule has 1 aliphatic rings. The summed E-state index contributed by atoms with van der Waals surface area (Å²) >= 11 is 0. The summed E-state index contributed by atoms with van der Waals surface area (Å²) in [5, 5.41) is 11.6. The number of rotatable bonds is 11. The van der Waals surface area contributed by atoms with Crippen LogP contribution in [0.25, 0.3) is 5.76 Å². The zero-order chi connectivity index (χ0) is 28.1. The molecule has 3 rings (SSSR count). The van der Waals surface area contributed by atoms with E-state index in [0.29, 0.717) is 41.3 Å². The van der Waals surface area contributed by atoms with Crippen LogP contribution in [-0.2, 0) is 14.3 Å². The van der Waals surface area contributed by atoms with Gasteiger partial charge in [0.2, 0.25) is 0 Å². The molecule has 2 N–H and O–H groups in total. The Morgan fingerprint density at radius 2 is 1.79 bits per heavy atom. The van der Waals surface area contributed by atoms with E-state index in [9.17, 15) is 19.5 Å². The number of H-pyrrole nitrogens is 1. The van der Waals surface area contributed by atoms with Crippen molar-refractivity contribution < 1.29 is 33.7 Å². The lowest BCUT2D eigenvalue weighted by molar-refractivity contribution is -0.140. The lowest BCUT2D eigenvalue weighted by Gasteiger charge is -2.28. The Hall–Kier alpha value is -3.79. The van der Waals surface area contributed by atoms with Gasteiger partial charge in [0.15, 0.2) is 11.5 Å². The van der Waals surface area contributed by atoms with Gasteiger partial charge in [0, 0.05) is 23.4 Å². The number of benzene rings is 1. The number of carbonyl (C=O) groups is 3. The average molecular weight is 528 g/mol. The highest BCUT2D eigenvalue weighted by Crippen LogP contribution is 2.46. The van der Waals surface area contributed by atoms with Gasteiger partial charge < -0.3 is 34.1 Å². The van der Waals surface area contributed by atoms with Gasteiger partial charge in [-0.15, -0.1) is 0 Å². The van der Waals surface area contributed by atoms with E-state index in [1.54, 1.807) is 32.0 Å². The number of hydrogen-bond donors (Lipinski definition) is 2. The first kappa shape index (κ1) is 28.8. The smallest absolute Gasteiger partial charge is 0.354 e. The van der Waals surface area contributed by atoms with Crippen LogP contribution < -0.4 is 9.47 Å². The summed E-state index contributed by atoms with van der Waals surface area (Å²) in [5.74, 6) is -1.70. The van der Waals surface area contributed by atoms with E-state index >= 15 is 0 Å². The number of aliphatic hydroxyl groups is 1. The van der Waals surface area contributed by atoms with Crippen LogP contribution in [0.15, 0.2) is 23.8 Å². The molecule has 2 heterocycles. The Balaban J connectivity index is 2.22. The Bertz CT molecular complexity index is 1240. The second-order valence-corrected chi connectivity index (χ2v) is 9.07. The molecule has 1 fully saturated rings. The van der Waals surface area contributed by atoms with Gasteiger partial charge in [-0.05, 0) is 51.5 Å². The first-order valence-electron chi connectivity index (χ1n) is 12.7. The number of carbonyl (C=O) groups excluding carboxylic acids is 3. The van der Waals surface area contributed by atoms with Crippen molar-refractivity contribution in [2.45, 2.75) is 40.2 Å². The molecule has 0 saturated carbocycles. The van der Waals surface area contributed by atoms with E-state index in [4.69, 9.17) is 14.2 Å². The number of likely N-dealkylation sites (tertiary alicyclic amines) is 1. The molecule has 2 aromatic rings. The molecule has 1 aromatic carbocycles. The maximum atomic E-state index is 13.5. The van der Waals surface area contributed by atoms with Crippen LogP contribution in [-0.4, -0.2) is 85.1 Å². The third kappa shape index (κ3) is 5.13. The Kier molecular flexibility index (Phi) is 9.22. The molecule has 0 bridgehead atoms. The van der Waals surface area contributed by atoms with E-state index in [0.717, 1.165) is 19.6 Å². The number of para-hydroxylation sites is 1. The summed E-state index contributed by atoms with van der Waals surface area (Å²) in [6.07, 6.45) is 0.631. The minimum Gasteiger partial charge on any atom is -0.507 e. The van der Waals surface area contributed by atoms with Gasteiger partial charge >= 0.3 is 5.97 Å². The van der Waals surface area contributed by atoms with Gasteiger partial charge in [-0.3, -0.25) is 9.59 Å². The molecule has 1 aromatic heterocycles. The summed E-state index contributed by atoms with van der Waals surface area (Å²) in [5.41, 5.74) is 1.75. The maximum Gasteiger partial charge on any atom is 0.354 e. The predicted octanol–water partition coefficient (Wildman–Crippen LogP) is 3.59. The average Bonchev–Trinajstić information content (AvgIpc) is 3.36. The maximum absolute atomic E-state index is 13.5. The van der Waals surface area contributed by atoms with E-state index in [1.807, 2.05) is 0 Å². The molecule has 0 unspecified atom stereocenters. The lowest BCUT2D eigenvalue weighted by atomic mass is 9.93. The van der Waals surface area contributed by atoms with E-state index in [2.05, 4.69) is 23.7 Å². The van der Waals surface area contributed by atoms with Crippen molar-refractivity contribution in [3.05, 3.63) is 51.9 Å². The number of ether oxygens (including phenoxy) is 3. The van der Waals surface area contributed by atoms with Gasteiger partial charge in [-0.1, -0.05) is 26.0 Å². The number of aryl methyl sites for hydroxylation is 1. The number of aromatic amines is 1. The minimum atomic E-state index is -0.924. The number of amides is 1. The van der Waals surface area contributed by atoms with E-state index in [1.165, 1.54) is 26.2 Å². The first-order chi connectivity index (χ1) is 18.2. The van der Waals surface area contributed by atoms with Crippen LogP contribution in [0.5, 0.6) is 11.5 Å². The normalized spacial score (nSPS) is 16.8. The molecule has 10 nitrogen and oxygen atoms in total. The Labute approximate surface area is 223 Å². The van der Waals surface area contributed by atoms with Crippen molar-refractivity contribution in [3.8, 4) is 11.5 Å². The van der Waals surface area contributed by atoms with Gasteiger partial charge in [0.05, 0.1) is 32.9 Å². The third-order valence-electron chi connectivity index (χ3n) is 7.10. The van der Waals surface area contributed by atoms with Crippen molar-refractivity contribution >= 4 is 23.4 Å². The fourth-order valence-electron chi connectivity index (χ4n) is 5.11. The third-order valence-corrected chi connectivity index (χ3v) is 7.10. The lowest BCUT2D eigenvalue weighted by Crippen LogP contribution is -2.33. The number of hydrogen-bond acceptors (Lipinski definition) is 8. The molecule has 38 heavy (non-hydrogen) atoms. The standard InChI is InChI=1S/C28H37N3O7/c1-8-30(9-2)14-11-15-31-23(18-12-10-13-19(36-5)26(18)37-6)21(25(33)27(31)34)24(32)20-16(3)22(28(35)38-7)29-17(20)4/h10,12-13,23,29,32H,8-9,11,14-15H2,1-7H3/t23-/m0/s1. The fourth-order valence-corrected chi connectivity index (χ4v) is 5.11.